The van der Waals surface area contributed by atoms with Crippen molar-refractivity contribution < 1.29 is 13.9 Å². The Morgan fingerprint density at radius 3 is 2.76 bits per heavy atom. The van der Waals surface area contributed by atoms with E-state index in [4.69, 9.17) is 14.1 Å². The van der Waals surface area contributed by atoms with Gasteiger partial charge in [0.1, 0.15) is 0 Å². The summed E-state index contributed by atoms with van der Waals surface area (Å²) in [6.45, 7) is -0.0756. The van der Waals surface area contributed by atoms with Crippen LogP contribution in [0, 0.1) is 0 Å². The molecule has 0 spiro atoms. The van der Waals surface area contributed by atoms with Crippen molar-refractivity contribution in [3.05, 3.63) is 75.7 Å². The molecule has 6 nitrogen and oxygen atoms in total. The van der Waals surface area contributed by atoms with Gasteiger partial charge in [0.05, 0.1) is 11.1 Å². The SMILES string of the molecule is O=C(OCc1nnc(-c2ccc(Br)cc2)o1)c1c2c(nc3ccccc13)CCC2. The first-order valence-corrected chi connectivity index (χ1v) is 10.1. The molecule has 1 aliphatic rings. The normalized spacial score (nSPS) is 12.9. The molecule has 0 radical (unpaired) electrons. The van der Waals surface area contributed by atoms with Crippen molar-refractivity contribution in [3.8, 4) is 11.5 Å². The molecule has 1 aliphatic carbocycles. The van der Waals surface area contributed by atoms with Crippen LogP contribution in [0.25, 0.3) is 22.4 Å². The molecular formula is C22H16BrN3O3. The zero-order valence-corrected chi connectivity index (χ0v) is 17.0. The van der Waals surface area contributed by atoms with Crippen LogP contribution in [0.1, 0.15) is 33.9 Å². The molecule has 4 aromatic rings. The first kappa shape index (κ1) is 18.0. The minimum atomic E-state index is -0.384. The fourth-order valence-corrected chi connectivity index (χ4v) is 3.93. The largest absolute Gasteiger partial charge is 0.452 e. The number of ether oxygens (including phenoxy) is 1. The van der Waals surface area contributed by atoms with E-state index < -0.39 is 0 Å². The lowest BCUT2D eigenvalue weighted by atomic mass is 10.0. The van der Waals surface area contributed by atoms with Crippen molar-refractivity contribution in [3.63, 3.8) is 0 Å². The summed E-state index contributed by atoms with van der Waals surface area (Å²) < 4.78 is 12.2. The molecule has 0 aliphatic heterocycles. The Labute approximate surface area is 175 Å². The number of nitrogens with zero attached hydrogens (tertiary/aromatic N) is 3. The maximum atomic E-state index is 13.0. The van der Waals surface area contributed by atoms with Crippen LogP contribution in [0.2, 0.25) is 0 Å². The number of hydrogen-bond acceptors (Lipinski definition) is 6. The maximum Gasteiger partial charge on any atom is 0.339 e. The summed E-state index contributed by atoms with van der Waals surface area (Å²) in [4.78, 5) is 17.7. The molecule has 0 saturated carbocycles. The van der Waals surface area contributed by atoms with Crippen LogP contribution < -0.4 is 0 Å². The number of esters is 1. The maximum absolute atomic E-state index is 13.0. The molecule has 5 rings (SSSR count). The lowest BCUT2D eigenvalue weighted by molar-refractivity contribution is 0.0440. The second kappa shape index (κ2) is 7.40. The third-order valence-corrected chi connectivity index (χ3v) is 5.54. The highest BCUT2D eigenvalue weighted by atomic mass is 79.9. The molecule has 0 bridgehead atoms. The van der Waals surface area contributed by atoms with Crippen LogP contribution in [0.5, 0.6) is 0 Å². The average Bonchev–Trinajstić information content (AvgIpc) is 3.40. The van der Waals surface area contributed by atoms with E-state index in [0.717, 1.165) is 51.5 Å². The van der Waals surface area contributed by atoms with Gasteiger partial charge in [-0.15, -0.1) is 10.2 Å². The van der Waals surface area contributed by atoms with Crippen LogP contribution in [0.15, 0.2) is 57.4 Å². The molecule has 0 N–H and O–H groups in total. The summed E-state index contributed by atoms with van der Waals surface area (Å²) in [7, 11) is 0. The molecule has 29 heavy (non-hydrogen) atoms. The highest BCUT2D eigenvalue weighted by molar-refractivity contribution is 9.10. The fourth-order valence-electron chi connectivity index (χ4n) is 3.66. The van der Waals surface area contributed by atoms with Crippen LogP contribution in [-0.2, 0) is 24.2 Å². The number of rotatable bonds is 4. The molecule has 2 heterocycles. The Morgan fingerprint density at radius 2 is 1.90 bits per heavy atom. The lowest BCUT2D eigenvalue weighted by Gasteiger charge is -2.11. The van der Waals surface area contributed by atoms with E-state index >= 15 is 0 Å². The molecule has 7 heteroatoms. The Hall–Kier alpha value is -3.06. The zero-order valence-electron chi connectivity index (χ0n) is 15.4. The second-order valence-corrected chi connectivity index (χ2v) is 7.78. The molecule has 144 valence electrons. The Balaban J connectivity index is 1.39. The van der Waals surface area contributed by atoms with E-state index in [-0.39, 0.29) is 18.5 Å². The van der Waals surface area contributed by atoms with Gasteiger partial charge in [-0.3, -0.25) is 4.98 Å². The number of halogens is 1. The van der Waals surface area contributed by atoms with E-state index in [9.17, 15) is 4.79 Å². The Bertz CT molecular complexity index is 1220. The molecule has 2 aromatic heterocycles. The number of carbonyl (C=O) groups excluding carboxylic acids is 1. The van der Waals surface area contributed by atoms with E-state index in [2.05, 4.69) is 26.1 Å². The Morgan fingerprint density at radius 1 is 1.07 bits per heavy atom. The summed E-state index contributed by atoms with van der Waals surface area (Å²) >= 11 is 3.40. The standard InChI is InChI=1S/C22H16BrN3O3/c23-14-10-8-13(9-11-14)21-26-25-19(29-21)12-28-22(27)20-15-4-1-2-6-17(15)24-18-7-3-5-16(18)20/h1-2,4,6,8-11H,3,5,7,12H2. The number of para-hydroxylation sites is 1. The number of pyridine rings is 1. The van der Waals surface area contributed by atoms with Crippen LogP contribution in [-0.4, -0.2) is 21.2 Å². The average molecular weight is 450 g/mol. The van der Waals surface area contributed by atoms with E-state index in [1.165, 1.54) is 0 Å². The summed E-state index contributed by atoms with van der Waals surface area (Å²) in [5.74, 6) is 0.259. The van der Waals surface area contributed by atoms with Gasteiger partial charge < -0.3 is 9.15 Å². The highest BCUT2D eigenvalue weighted by Crippen LogP contribution is 2.30. The first-order chi connectivity index (χ1) is 14.2. The quantitative estimate of drug-likeness (QED) is 0.412. The number of benzene rings is 2. The van der Waals surface area contributed by atoms with Gasteiger partial charge in [-0.25, -0.2) is 4.79 Å². The number of fused-ring (bicyclic) bond motifs is 2. The van der Waals surface area contributed by atoms with Gasteiger partial charge in [0.2, 0.25) is 5.89 Å². The zero-order chi connectivity index (χ0) is 19.8. The molecule has 0 fully saturated rings. The van der Waals surface area contributed by atoms with Crippen molar-refractivity contribution in [2.45, 2.75) is 25.9 Å². The minimum absolute atomic E-state index is 0.0756. The monoisotopic (exact) mass is 449 g/mol. The van der Waals surface area contributed by atoms with E-state index in [1.54, 1.807) is 0 Å². The first-order valence-electron chi connectivity index (χ1n) is 9.35. The number of aryl methyl sites for hydroxylation is 1. The molecule has 2 aromatic carbocycles. The molecule has 0 amide bonds. The third-order valence-electron chi connectivity index (χ3n) is 5.01. The van der Waals surface area contributed by atoms with Gasteiger partial charge in [-0.05, 0) is 55.2 Å². The molecule has 0 atom stereocenters. The summed E-state index contributed by atoms with van der Waals surface area (Å²) in [5, 5.41) is 8.86. The van der Waals surface area contributed by atoms with Crippen molar-refractivity contribution in [1.29, 1.82) is 0 Å². The summed E-state index contributed by atoms with van der Waals surface area (Å²) in [6.07, 6.45) is 2.73. The van der Waals surface area contributed by atoms with Gasteiger partial charge in [-0.1, -0.05) is 34.1 Å². The summed E-state index contributed by atoms with van der Waals surface area (Å²) in [6, 6.07) is 15.2. The summed E-state index contributed by atoms with van der Waals surface area (Å²) in [5.41, 5.74) is 4.21. The predicted octanol–water partition coefficient (Wildman–Crippen LogP) is 4.89. The smallest absolute Gasteiger partial charge is 0.339 e. The fraction of sp³-hybridized carbons (Fsp3) is 0.182. The van der Waals surface area contributed by atoms with Gasteiger partial charge in [0.25, 0.3) is 5.89 Å². The Kier molecular flexibility index (Phi) is 4.60. The van der Waals surface area contributed by atoms with Crippen molar-refractivity contribution in [2.24, 2.45) is 0 Å². The molecule has 0 saturated heterocycles. The predicted molar refractivity (Wildman–Crippen MR) is 110 cm³/mol. The molecule has 0 unspecified atom stereocenters. The van der Waals surface area contributed by atoms with Crippen LogP contribution in [0.4, 0.5) is 0 Å². The second-order valence-electron chi connectivity index (χ2n) is 6.87. The highest BCUT2D eigenvalue weighted by Gasteiger charge is 2.25. The van der Waals surface area contributed by atoms with Gasteiger partial charge >= 0.3 is 5.97 Å². The van der Waals surface area contributed by atoms with Gasteiger partial charge in [-0.2, -0.15) is 0 Å². The number of hydrogen-bond donors (Lipinski definition) is 0. The number of aromatic nitrogens is 3. The van der Waals surface area contributed by atoms with Crippen molar-refractivity contribution >= 4 is 32.8 Å². The van der Waals surface area contributed by atoms with E-state index in [0.29, 0.717) is 11.5 Å². The van der Waals surface area contributed by atoms with Gasteiger partial charge in [0.15, 0.2) is 6.61 Å². The lowest BCUT2D eigenvalue weighted by Crippen LogP contribution is -2.10. The molecular weight excluding hydrogens is 434 g/mol. The number of carbonyl (C=O) groups is 1. The minimum Gasteiger partial charge on any atom is -0.452 e. The van der Waals surface area contributed by atoms with E-state index in [1.807, 2.05) is 48.5 Å². The van der Waals surface area contributed by atoms with Crippen molar-refractivity contribution in [2.75, 3.05) is 0 Å². The van der Waals surface area contributed by atoms with Gasteiger partial charge in [0, 0.05) is 21.1 Å². The van der Waals surface area contributed by atoms with Crippen LogP contribution in [0.3, 0.4) is 0 Å². The van der Waals surface area contributed by atoms with Crippen LogP contribution >= 0.6 is 15.9 Å². The topological polar surface area (TPSA) is 78.1 Å². The third kappa shape index (κ3) is 3.42. The van der Waals surface area contributed by atoms with Crippen molar-refractivity contribution in [1.82, 2.24) is 15.2 Å².